The molecule has 0 aliphatic rings. The van der Waals surface area contributed by atoms with E-state index in [4.69, 9.17) is 10.2 Å². The van der Waals surface area contributed by atoms with Gasteiger partial charge >= 0.3 is 0 Å². The van der Waals surface area contributed by atoms with E-state index < -0.39 is 0 Å². The number of benzene rings is 2. The number of nitrogen functional groups attached to an aromatic ring is 1. The molecule has 0 spiro atoms. The summed E-state index contributed by atoms with van der Waals surface area (Å²) in [6, 6.07) is 13.7. The van der Waals surface area contributed by atoms with E-state index in [1.807, 2.05) is 30.3 Å². The Balaban J connectivity index is 1.69. The van der Waals surface area contributed by atoms with E-state index in [0.29, 0.717) is 16.8 Å². The first kappa shape index (κ1) is 26.0. The first-order valence-electron chi connectivity index (χ1n) is 13.2. The second-order valence-electron chi connectivity index (χ2n) is 9.44. The number of fused-ring (bicyclic) bond motifs is 1. The van der Waals surface area contributed by atoms with Gasteiger partial charge in [-0.1, -0.05) is 64.3 Å². The van der Waals surface area contributed by atoms with Gasteiger partial charge < -0.3 is 15.1 Å². The molecule has 0 fully saturated rings. The van der Waals surface area contributed by atoms with Crippen LogP contribution >= 0.6 is 0 Å². The van der Waals surface area contributed by atoms with Crippen molar-refractivity contribution >= 4 is 22.4 Å². The zero-order valence-corrected chi connectivity index (χ0v) is 21.4. The van der Waals surface area contributed by atoms with E-state index >= 15 is 0 Å². The molecule has 4 heteroatoms. The van der Waals surface area contributed by atoms with Crippen LogP contribution in [-0.2, 0) is 12.8 Å². The molecular formula is C30H42N2O2. The van der Waals surface area contributed by atoms with Crippen LogP contribution in [0.25, 0.3) is 11.0 Å². The fourth-order valence-electron chi connectivity index (χ4n) is 4.50. The third kappa shape index (κ3) is 6.96. The summed E-state index contributed by atoms with van der Waals surface area (Å²) in [6.45, 7) is 10.2. The highest BCUT2D eigenvalue weighted by Crippen LogP contribution is 2.31. The minimum atomic E-state index is 0.0207. The minimum Gasteiger partial charge on any atom is -0.460 e. The van der Waals surface area contributed by atoms with E-state index in [9.17, 15) is 4.79 Å². The molecule has 0 amide bonds. The minimum absolute atomic E-state index is 0.0207. The molecule has 3 rings (SSSR count). The van der Waals surface area contributed by atoms with Crippen molar-refractivity contribution in [3.05, 3.63) is 64.9 Å². The first-order valence-corrected chi connectivity index (χ1v) is 13.2. The Kier molecular flexibility index (Phi) is 10.2. The largest absolute Gasteiger partial charge is 0.460 e. The highest BCUT2D eigenvalue weighted by molar-refractivity contribution is 6.17. The summed E-state index contributed by atoms with van der Waals surface area (Å²) in [6.07, 6.45) is 10.0. The third-order valence-corrected chi connectivity index (χ3v) is 6.58. The van der Waals surface area contributed by atoms with Gasteiger partial charge in [-0.05, 0) is 75.5 Å². The molecule has 0 aliphatic carbocycles. The monoisotopic (exact) mass is 462 g/mol. The van der Waals surface area contributed by atoms with Crippen molar-refractivity contribution in [2.75, 3.05) is 25.4 Å². The Morgan fingerprint density at radius 1 is 0.824 bits per heavy atom. The number of carbonyl (C=O) groups is 1. The number of nitrogens with zero attached hydrogens (tertiary/aromatic N) is 1. The normalized spacial score (nSPS) is 11.5. The maximum absolute atomic E-state index is 13.5. The number of furan rings is 1. The Morgan fingerprint density at radius 3 is 2.12 bits per heavy atom. The van der Waals surface area contributed by atoms with Crippen LogP contribution in [0.5, 0.6) is 0 Å². The van der Waals surface area contributed by atoms with Crippen LogP contribution in [0, 0.1) is 0 Å². The van der Waals surface area contributed by atoms with Crippen molar-refractivity contribution in [1.29, 1.82) is 0 Å². The van der Waals surface area contributed by atoms with E-state index in [1.165, 1.54) is 44.3 Å². The average Bonchev–Trinajstić information content (AvgIpc) is 3.21. The molecule has 0 saturated heterocycles. The van der Waals surface area contributed by atoms with E-state index in [2.05, 4.69) is 37.8 Å². The molecule has 2 N–H and O–H groups in total. The van der Waals surface area contributed by atoms with Gasteiger partial charge in [0.1, 0.15) is 11.3 Å². The van der Waals surface area contributed by atoms with Crippen molar-refractivity contribution in [2.45, 2.75) is 78.6 Å². The number of anilines is 1. The molecule has 0 unspecified atom stereocenters. The number of hydrogen-bond acceptors (Lipinski definition) is 4. The maximum atomic E-state index is 13.5. The SMILES string of the molecule is CCCCc1oc2ccc(N)cc2c1C(=O)c1ccc(CCCN(CCCC)CCCC)cc1. The molecule has 184 valence electrons. The van der Waals surface area contributed by atoms with E-state index in [-0.39, 0.29) is 5.78 Å². The summed E-state index contributed by atoms with van der Waals surface area (Å²) < 4.78 is 6.07. The van der Waals surface area contributed by atoms with Crippen molar-refractivity contribution in [3.8, 4) is 0 Å². The van der Waals surface area contributed by atoms with E-state index in [1.54, 1.807) is 0 Å². The summed E-state index contributed by atoms with van der Waals surface area (Å²) in [5, 5.41) is 0.819. The molecular weight excluding hydrogens is 420 g/mol. The molecule has 0 bridgehead atoms. The number of ketones is 1. The molecule has 0 radical (unpaired) electrons. The van der Waals surface area contributed by atoms with Gasteiger partial charge in [-0.15, -0.1) is 0 Å². The molecule has 0 atom stereocenters. The number of nitrogens with two attached hydrogens (primary N) is 1. The molecule has 1 heterocycles. The lowest BCUT2D eigenvalue weighted by Crippen LogP contribution is -2.27. The van der Waals surface area contributed by atoms with E-state index in [0.717, 1.165) is 55.4 Å². The molecule has 34 heavy (non-hydrogen) atoms. The standard InChI is InChI=1S/C30H42N2O2/c1-4-7-12-28-29(26-22-25(31)17-18-27(26)34-28)30(33)24-15-13-23(14-16-24)11-10-21-32(19-8-5-2)20-9-6-3/h13-18,22H,4-12,19-21,31H2,1-3H3. The fraction of sp³-hybridized carbons (Fsp3) is 0.500. The maximum Gasteiger partial charge on any atom is 0.197 e. The van der Waals surface area contributed by atoms with Gasteiger partial charge in [0.15, 0.2) is 5.78 Å². The van der Waals surface area contributed by atoms with Crippen molar-refractivity contribution in [2.24, 2.45) is 0 Å². The van der Waals surface area contributed by atoms with Gasteiger partial charge in [-0.2, -0.15) is 0 Å². The predicted molar refractivity (Wildman–Crippen MR) is 144 cm³/mol. The van der Waals surface area contributed by atoms with Crippen LogP contribution in [-0.4, -0.2) is 30.3 Å². The highest BCUT2D eigenvalue weighted by atomic mass is 16.3. The van der Waals surface area contributed by atoms with Crippen LogP contribution in [0.3, 0.4) is 0 Å². The zero-order chi connectivity index (χ0) is 24.3. The van der Waals surface area contributed by atoms with Gasteiger partial charge in [-0.25, -0.2) is 0 Å². The lowest BCUT2D eigenvalue weighted by atomic mass is 9.97. The second kappa shape index (κ2) is 13.3. The summed E-state index contributed by atoms with van der Waals surface area (Å²) >= 11 is 0. The molecule has 2 aromatic carbocycles. The highest BCUT2D eigenvalue weighted by Gasteiger charge is 2.22. The number of aryl methyl sites for hydroxylation is 2. The second-order valence-corrected chi connectivity index (χ2v) is 9.44. The summed E-state index contributed by atoms with van der Waals surface area (Å²) in [5.41, 5.74) is 10.1. The molecule has 4 nitrogen and oxygen atoms in total. The van der Waals surface area contributed by atoms with Gasteiger partial charge in [0.25, 0.3) is 0 Å². The molecule has 0 saturated carbocycles. The number of hydrogen-bond donors (Lipinski definition) is 1. The van der Waals surface area contributed by atoms with Crippen LogP contribution in [0.15, 0.2) is 46.9 Å². The Morgan fingerprint density at radius 2 is 1.47 bits per heavy atom. The molecule has 1 aromatic heterocycles. The van der Waals surface area contributed by atoms with Gasteiger partial charge in [0.05, 0.1) is 5.56 Å². The first-order chi connectivity index (χ1) is 16.6. The van der Waals surface area contributed by atoms with Crippen LogP contribution < -0.4 is 5.73 Å². The topological polar surface area (TPSA) is 59.5 Å². The summed E-state index contributed by atoms with van der Waals surface area (Å²) in [5.74, 6) is 0.795. The van der Waals surface area contributed by atoms with Gasteiger partial charge in [0, 0.05) is 23.1 Å². The lowest BCUT2D eigenvalue weighted by Gasteiger charge is -2.21. The van der Waals surface area contributed by atoms with Crippen molar-refractivity contribution in [1.82, 2.24) is 4.90 Å². The Labute approximate surface area is 205 Å². The predicted octanol–water partition coefficient (Wildman–Crippen LogP) is 7.42. The third-order valence-electron chi connectivity index (χ3n) is 6.58. The van der Waals surface area contributed by atoms with Crippen molar-refractivity contribution < 1.29 is 9.21 Å². The zero-order valence-electron chi connectivity index (χ0n) is 21.4. The number of carbonyl (C=O) groups excluding carboxylic acids is 1. The Hall–Kier alpha value is -2.59. The van der Waals surface area contributed by atoms with Crippen LogP contribution in [0.2, 0.25) is 0 Å². The lowest BCUT2D eigenvalue weighted by molar-refractivity contribution is 0.103. The average molecular weight is 463 g/mol. The number of unbranched alkanes of at least 4 members (excludes halogenated alkanes) is 3. The van der Waals surface area contributed by atoms with Crippen LogP contribution in [0.4, 0.5) is 5.69 Å². The summed E-state index contributed by atoms with van der Waals surface area (Å²) in [7, 11) is 0. The van der Waals surface area contributed by atoms with Crippen molar-refractivity contribution in [3.63, 3.8) is 0 Å². The number of rotatable bonds is 15. The van der Waals surface area contributed by atoms with Gasteiger partial charge in [-0.3, -0.25) is 4.79 Å². The van der Waals surface area contributed by atoms with Gasteiger partial charge in [0.2, 0.25) is 0 Å². The fourth-order valence-corrected chi connectivity index (χ4v) is 4.50. The van der Waals surface area contributed by atoms with Crippen LogP contribution in [0.1, 0.15) is 93.0 Å². The smallest absolute Gasteiger partial charge is 0.197 e. The molecule has 0 aliphatic heterocycles. The molecule has 3 aromatic rings. The summed E-state index contributed by atoms with van der Waals surface area (Å²) in [4.78, 5) is 16.1. The Bertz CT molecular complexity index is 1030. The quantitative estimate of drug-likeness (QED) is 0.188.